The predicted molar refractivity (Wildman–Crippen MR) is 125 cm³/mol. The third kappa shape index (κ3) is 6.72. The summed E-state index contributed by atoms with van der Waals surface area (Å²) < 4.78 is 12.0. The molecule has 31 heavy (non-hydrogen) atoms. The SMILES string of the molecule is CCNC(=O)C(CC)N(Cc1ccc(OC)cc1)C(=O)COc1cc(C)c(Br)c(C)c1. The fourth-order valence-electron chi connectivity index (χ4n) is 3.36. The summed E-state index contributed by atoms with van der Waals surface area (Å²) >= 11 is 3.54. The maximum atomic E-state index is 13.2. The molecule has 0 aliphatic heterocycles. The van der Waals surface area contributed by atoms with Crippen LogP contribution >= 0.6 is 15.9 Å². The van der Waals surface area contributed by atoms with Crippen molar-refractivity contribution in [1.82, 2.24) is 10.2 Å². The molecule has 0 aromatic heterocycles. The quantitative estimate of drug-likeness (QED) is 0.535. The van der Waals surface area contributed by atoms with Gasteiger partial charge in [0.2, 0.25) is 5.91 Å². The summed E-state index contributed by atoms with van der Waals surface area (Å²) in [6.45, 7) is 8.38. The number of hydrogen-bond acceptors (Lipinski definition) is 4. The van der Waals surface area contributed by atoms with E-state index in [1.807, 2.05) is 64.1 Å². The van der Waals surface area contributed by atoms with E-state index in [0.29, 0.717) is 25.3 Å². The molecule has 2 aromatic carbocycles. The molecule has 0 saturated heterocycles. The van der Waals surface area contributed by atoms with Crippen molar-refractivity contribution < 1.29 is 19.1 Å². The molecule has 1 atom stereocenters. The van der Waals surface area contributed by atoms with Crippen molar-refractivity contribution in [2.75, 3.05) is 20.3 Å². The molecule has 0 aliphatic carbocycles. The van der Waals surface area contributed by atoms with Crippen LogP contribution in [0.15, 0.2) is 40.9 Å². The minimum absolute atomic E-state index is 0.146. The Morgan fingerprint density at radius 2 is 1.68 bits per heavy atom. The number of amides is 2. The number of nitrogens with zero attached hydrogens (tertiary/aromatic N) is 1. The molecule has 0 aliphatic rings. The summed E-state index contributed by atoms with van der Waals surface area (Å²) in [4.78, 5) is 27.4. The fourth-order valence-corrected chi connectivity index (χ4v) is 3.59. The molecule has 1 N–H and O–H groups in total. The maximum Gasteiger partial charge on any atom is 0.261 e. The lowest BCUT2D eigenvalue weighted by atomic mass is 10.1. The number of carbonyl (C=O) groups is 2. The smallest absolute Gasteiger partial charge is 0.261 e. The highest BCUT2D eigenvalue weighted by molar-refractivity contribution is 9.10. The number of benzene rings is 2. The fraction of sp³-hybridized carbons (Fsp3) is 0.417. The van der Waals surface area contributed by atoms with E-state index in [0.717, 1.165) is 26.9 Å². The average molecular weight is 491 g/mol. The minimum atomic E-state index is -0.577. The first-order valence-corrected chi connectivity index (χ1v) is 11.2. The number of aryl methyl sites for hydroxylation is 2. The van der Waals surface area contributed by atoms with Gasteiger partial charge in [-0.2, -0.15) is 0 Å². The Balaban J connectivity index is 2.22. The Morgan fingerprint density at radius 1 is 1.06 bits per heavy atom. The molecule has 0 fully saturated rings. The lowest BCUT2D eigenvalue weighted by molar-refractivity contribution is -0.142. The van der Waals surface area contributed by atoms with Gasteiger partial charge < -0.3 is 19.7 Å². The number of hydrogen-bond donors (Lipinski definition) is 1. The van der Waals surface area contributed by atoms with E-state index in [2.05, 4.69) is 21.2 Å². The molecule has 7 heteroatoms. The number of carbonyl (C=O) groups excluding carboxylic acids is 2. The summed E-state index contributed by atoms with van der Waals surface area (Å²) in [6, 6.07) is 10.7. The molecule has 6 nitrogen and oxygen atoms in total. The van der Waals surface area contributed by atoms with Crippen LogP contribution in [0.5, 0.6) is 11.5 Å². The van der Waals surface area contributed by atoms with Crippen molar-refractivity contribution in [3.63, 3.8) is 0 Å². The van der Waals surface area contributed by atoms with Crippen LogP contribution in [-0.4, -0.2) is 43.0 Å². The zero-order valence-electron chi connectivity index (χ0n) is 18.8. The highest BCUT2D eigenvalue weighted by atomic mass is 79.9. The zero-order valence-corrected chi connectivity index (χ0v) is 20.4. The first kappa shape index (κ1) is 24.7. The van der Waals surface area contributed by atoms with Gasteiger partial charge in [-0.15, -0.1) is 0 Å². The van der Waals surface area contributed by atoms with Gasteiger partial charge >= 0.3 is 0 Å². The van der Waals surface area contributed by atoms with E-state index in [1.54, 1.807) is 12.0 Å². The maximum absolute atomic E-state index is 13.2. The Bertz CT molecular complexity index is 876. The lowest BCUT2D eigenvalue weighted by Gasteiger charge is -2.30. The van der Waals surface area contributed by atoms with Gasteiger partial charge in [0.05, 0.1) is 7.11 Å². The molecule has 0 radical (unpaired) electrons. The van der Waals surface area contributed by atoms with Gasteiger partial charge in [0.15, 0.2) is 6.61 Å². The second-order valence-corrected chi connectivity index (χ2v) is 8.14. The van der Waals surface area contributed by atoms with Gasteiger partial charge in [-0.1, -0.05) is 35.0 Å². The number of ether oxygens (including phenoxy) is 2. The molecule has 1 unspecified atom stereocenters. The summed E-state index contributed by atoms with van der Waals surface area (Å²) in [5.41, 5.74) is 2.98. The Morgan fingerprint density at radius 3 is 2.19 bits per heavy atom. The monoisotopic (exact) mass is 490 g/mol. The van der Waals surface area contributed by atoms with Crippen molar-refractivity contribution in [3.05, 3.63) is 57.6 Å². The summed E-state index contributed by atoms with van der Waals surface area (Å²) in [5.74, 6) is 0.957. The number of methoxy groups -OCH3 is 1. The molecule has 0 bridgehead atoms. The Hall–Kier alpha value is -2.54. The number of nitrogens with one attached hydrogen (secondary N) is 1. The van der Waals surface area contributed by atoms with E-state index in [-0.39, 0.29) is 18.4 Å². The van der Waals surface area contributed by atoms with Gasteiger partial charge in [-0.05, 0) is 68.1 Å². The van der Waals surface area contributed by atoms with Crippen molar-refractivity contribution in [2.45, 2.75) is 46.7 Å². The van der Waals surface area contributed by atoms with Crippen LogP contribution in [0.3, 0.4) is 0 Å². The zero-order chi connectivity index (χ0) is 23.0. The lowest BCUT2D eigenvalue weighted by Crippen LogP contribution is -2.50. The van der Waals surface area contributed by atoms with Crippen LogP contribution < -0.4 is 14.8 Å². The molecule has 2 amide bonds. The van der Waals surface area contributed by atoms with Crippen LogP contribution in [0.25, 0.3) is 0 Å². The van der Waals surface area contributed by atoms with Crippen LogP contribution in [0, 0.1) is 13.8 Å². The number of rotatable bonds is 10. The Labute approximate surface area is 193 Å². The van der Waals surface area contributed by atoms with Gasteiger partial charge in [0.1, 0.15) is 17.5 Å². The third-order valence-electron chi connectivity index (χ3n) is 5.02. The van der Waals surface area contributed by atoms with Crippen molar-refractivity contribution in [1.29, 1.82) is 0 Å². The van der Waals surface area contributed by atoms with Crippen LogP contribution in [-0.2, 0) is 16.1 Å². The van der Waals surface area contributed by atoms with Crippen LogP contribution in [0.4, 0.5) is 0 Å². The summed E-state index contributed by atoms with van der Waals surface area (Å²) in [6.07, 6.45) is 0.504. The van der Waals surface area contributed by atoms with Crippen molar-refractivity contribution >= 4 is 27.7 Å². The standard InChI is InChI=1S/C24H31BrN2O4/c1-6-21(24(29)26-7-2)27(14-18-8-10-19(30-5)11-9-18)22(28)15-31-20-12-16(3)23(25)17(4)13-20/h8-13,21H,6-7,14-15H2,1-5H3,(H,26,29). The van der Waals surface area contributed by atoms with Crippen molar-refractivity contribution in [2.24, 2.45) is 0 Å². The molecule has 2 rings (SSSR count). The largest absolute Gasteiger partial charge is 0.497 e. The van der Waals surface area contributed by atoms with E-state index >= 15 is 0 Å². The molecular weight excluding hydrogens is 460 g/mol. The Kier molecular flexibility index (Phi) is 9.37. The van der Waals surface area contributed by atoms with Gasteiger partial charge in [0, 0.05) is 17.6 Å². The van der Waals surface area contributed by atoms with E-state index in [9.17, 15) is 9.59 Å². The normalized spacial score (nSPS) is 11.5. The van der Waals surface area contributed by atoms with Crippen LogP contribution in [0.2, 0.25) is 0 Å². The third-order valence-corrected chi connectivity index (χ3v) is 6.27. The molecule has 2 aromatic rings. The average Bonchev–Trinajstić information content (AvgIpc) is 2.76. The second-order valence-electron chi connectivity index (χ2n) is 7.35. The molecular formula is C24H31BrN2O4. The molecule has 0 spiro atoms. The molecule has 168 valence electrons. The molecule has 0 saturated carbocycles. The van der Waals surface area contributed by atoms with Crippen LogP contribution in [0.1, 0.15) is 37.0 Å². The van der Waals surface area contributed by atoms with Gasteiger partial charge in [0.25, 0.3) is 5.91 Å². The summed E-state index contributed by atoms with van der Waals surface area (Å²) in [7, 11) is 1.61. The van der Waals surface area contributed by atoms with E-state index < -0.39 is 6.04 Å². The van der Waals surface area contributed by atoms with Gasteiger partial charge in [-0.25, -0.2) is 0 Å². The number of halogens is 1. The second kappa shape index (κ2) is 11.7. The summed E-state index contributed by atoms with van der Waals surface area (Å²) in [5, 5.41) is 2.83. The highest BCUT2D eigenvalue weighted by Crippen LogP contribution is 2.26. The highest BCUT2D eigenvalue weighted by Gasteiger charge is 2.28. The van der Waals surface area contributed by atoms with Gasteiger partial charge in [-0.3, -0.25) is 9.59 Å². The predicted octanol–water partition coefficient (Wildman–Crippen LogP) is 4.40. The first-order chi connectivity index (χ1) is 14.8. The van der Waals surface area contributed by atoms with E-state index in [1.165, 1.54) is 0 Å². The topological polar surface area (TPSA) is 67.9 Å². The van der Waals surface area contributed by atoms with E-state index in [4.69, 9.17) is 9.47 Å². The molecule has 0 heterocycles. The first-order valence-electron chi connectivity index (χ1n) is 10.4. The number of likely N-dealkylation sites (N-methyl/N-ethyl adjacent to an activating group) is 1. The minimum Gasteiger partial charge on any atom is -0.497 e. The van der Waals surface area contributed by atoms with Crippen molar-refractivity contribution in [3.8, 4) is 11.5 Å².